The zero-order valence-electron chi connectivity index (χ0n) is 8.79. The van der Waals surface area contributed by atoms with Crippen LogP contribution < -0.4 is 5.32 Å². The lowest BCUT2D eigenvalue weighted by Crippen LogP contribution is -2.03. The molecule has 0 aliphatic carbocycles. The smallest absolute Gasteiger partial charge is 0.130 e. The maximum Gasteiger partial charge on any atom is 0.130 e. The van der Waals surface area contributed by atoms with E-state index in [0.717, 1.165) is 37.6 Å². The van der Waals surface area contributed by atoms with Crippen LogP contribution in [0.1, 0.15) is 19.2 Å². The van der Waals surface area contributed by atoms with Crippen molar-refractivity contribution in [3.63, 3.8) is 0 Å². The van der Waals surface area contributed by atoms with Crippen molar-refractivity contribution < 1.29 is 4.74 Å². The predicted octanol–water partition coefficient (Wildman–Crippen LogP) is 1.49. The molecule has 14 heavy (non-hydrogen) atoms. The van der Waals surface area contributed by atoms with E-state index in [1.54, 1.807) is 13.3 Å². The van der Waals surface area contributed by atoms with Gasteiger partial charge >= 0.3 is 0 Å². The summed E-state index contributed by atoms with van der Waals surface area (Å²) in [5.74, 6) is 1.77. The van der Waals surface area contributed by atoms with Crippen LogP contribution in [0.2, 0.25) is 0 Å². The summed E-state index contributed by atoms with van der Waals surface area (Å²) in [6.45, 7) is 3.69. The minimum atomic E-state index is 0.759. The van der Waals surface area contributed by atoms with Crippen LogP contribution in [0, 0.1) is 0 Å². The minimum absolute atomic E-state index is 0.759. The molecule has 4 heteroatoms. The molecule has 1 aromatic heterocycles. The Balaban J connectivity index is 2.46. The molecule has 0 amide bonds. The number of hydrogen-bond donors (Lipinski definition) is 1. The van der Waals surface area contributed by atoms with Crippen LogP contribution in [-0.2, 0) is 11.2 Å². The van der Waals surface area contributed by atoms with E-state index < -0.39 is 0 Å². The largest absolute Gasteiger partial charge is 0.385 e. The molecule has 1 N–H and O–H groups in total. The molecule has 78 valence electrons. The van der Waals surface area contributed by atoms with Gasteiger partial charge in [-0.25, -0.2) is 9.97 Å². The Labute approximate surface area is 84.7 Å². The first-order valence-corrected chi connectivity index (χ1v) is 4.91. The van der Waals surface area contributed by atoms with E-state index in [-0.39, 0.29) is 0 Å². The van der Waals surface area contributed by atoms with Gasteiger partial charge in [0.1, 0.15) is 11.6 Å². The summed E-state index contributed by atoms with van der Waals surface area (Å²) < 4.78 is 4.97. The van der Waals surface area contributed by atoms with Crippen molar-refractivity contribution >= 4 is 5.82 Å². The number of rotatable bonds is 6. The number of anilines is 1. The van der Waals surface area contributed by atoms with Gasteiger partial charge in [0.25, 0.3) is 0 Å². The van der Waals surface area contributed by atoms with E-state index in [0.29, 0.717) is 0 Å². The standard InChI is InChI=1S/C10H17N3O/c1-3-11-10-6-7-12-9(13-10)5-4-8-14-2/h6-7H,3-5,8H2,1-2H3,(H,11,12,13). The highest BCUT2D eigenvalue weighted by molar-refractivity contribution is 5.32. The van der Waals surface area contributed by atoms with Gasteiger partial charge in [0, 0.05) is 32.9 Å². The highest BCUT2D eigenvalue weighted by Gasteiger charge is 1.97. The number of aryl methyl sites for hydroxylation is 1. The lowest BCUT2D eigenvalue weighted by Gasteiger charge is -2.03. The fourth-order valence-corrected chi connectivity index (χ4v) is 1.17. The number of ether oxygens (including phenoxy) is 1. The maximum atomic E-state index is 4.97. The molecule has 0 spiro atoms. The molecule has 0 saturated carbocycles. The Kier molecular flexibility index (Phi) is 4.93. The number of methoxy groups -OCH3 is 1. The van der Waals surface area contributed by atoms with Crippen LogP contribution >= 0.6 is 0 Å². The molecule has 1 heterocycles. The average molecular weight is 195 g/mol. The molecule has 0 radical (unpaired) electrons. The second-order valence-corrected chi connectivity index (χ2v) is 2.98. The van der Waals surface area contributed by atoms with E-state index in [1.165, 1.54) is 0 Å². The average Bonchev–Trinajstić information content (AvgIpc) is 2.19. The second-order valence-electron chi connectivity index (χ2n) is 2.98. The summed E-state index contributed by atoms with van der Waals surface area (Å²) in [5.41, 5.74) is 0. The first kappa shape index (κ1) is 10.9. The lowest BCUT2D eigenvalue weighted by atomic mass is 10.3. The van der Waals surface area contributed by atoms with E-state index in [4.69, 9.17) is 4.74 Å². The van der Waals surface area contributed by atoms with Crippen LogP contribution in [0.15, 0.2) is 12.3 Å². The van der Waals surface area contributed by atoms with Crippen molar-refractivity contribution in [2.45, 2.75) is 19.8 Å². The molecule has 1 rings (SSSR count). The first-order valence-electron chi connectivity index (χ1n) is 4.91. The van der Waals surface area contributed by atoms with Gasteiger partial charge < -0.3 is 10.1 Å². The molecule has 0 atom stereocenters. The van der Waals surface area contributed by atoms with Crippen LogP contribution in [-0.4, -0.2) is 30.2 Å². The van der Waals surface area contributed by atoms with E-state index >= 15 is 0 Å². The van der Waals surface area contributed by atoms with Crippen molar-refractivity contribution in [3.05, 3.63) is 18.1 Å². The van der Waals surface area contributed by atoms with Crippen LogP contribution in [0.25, 0.3) is 0 Å². The van der Waals surface area contributed by atoms with Crippen molar-refractivity contribution in [1.82, 2.24) is 9.97 Å². The lowest BCUT2D eigenvalue weighted by molar-refractivity contribution is 0.194. The maximum absolute atomic E-state index is 4.97. The number of aromatic nitrogens is 2. The Hall–Kier alpha value is -1.16. The second kappa shape index (κ2) is 6.32. The van der Waals surface area contributed by atoms with Gasteiger partial charge in [-0.1, -0.05) is 0 Å². The zero-order chi connectivity index (χ0) is 10.2. The SMILES string of the molecule is CCNc1ccnc(CCCOC)n1. The van der Waals surface area contributed by atoms with Crippen LogP contribution in [0.5, 0.6) is 0 Å². The highest BCUT2D eigenvalue weighted by atomic mass is 16.5. The fourth-order valence-electron chi connectivity index (χ4n) is 1.17. The summed E-state index contributed by atoms with van der Waals surface area (Å²) >= 11 is 0. The van der Waals surface area contributed by atoms with Crippen LogP contribution in [0.4, 0.5) is 5.82 Å². The molecule has 0 saturated heterocycles. The monoisotopic (exact) mass is 195 g/mol. The van der Waals surface area contributed by atoms with Crippen molar-refractivity contribution in [2.24, 2.45) is 0 Å². The van der Waals surface area contributed by atoms with Gasteiger partial charge in [-0.05, 0) is 19.4 Å². The Morgan fingerprint density at radius 1 is 1.50 bits per heavy atom. The van der Waals surface area contributed by atoms with Gasteiger partial charge in [0.15, 0.2) is 0 Å². The Morgan fingerprint density at radius 3 is 3.07 bits per heavy atom. The first-order chi connectivity index (χ1) is 6.86. The van der Waals surface area contributed by atoms with Crippen molar-refractivity contribution in [2.75, 3.05) is 25.6 Å². The molecule has 0 bridgehead atoms. The van der Waals surface area contributed by atoms with Gasteiger partial charge in [-0.15, -0.1) is 0 Å². The van der Waals surface area contributed by atoms with E-state index in [9.17, 15) is 0 Å². The normalized spacial score (nSPS) is 10.1. The predicted molar refractivity (Wildman–Crippen MR) is 56.4 cm³/mol. The molecule has 4 nitrogen and oxygen atoms in total. The number of hydrogen-bond acceptors (Lipinski definition) is 4. The highest BCUT2D eigenvalue weighted by Crippen LogP contribution is 2.03. The van der Waals surface area contributed by atoms with Gasteiger partial charge in [-0.2, -0.15) is 0 Å². The third kappa shape index (κ3) is 3.70. The van der Waals surface area contributed by atoms with Gasteiger partial charge in [0.2, 0.25) is 0 Å². The third-order valence-electron chi connectivity index (χ3n) is 1.81. The Bertz CT molecular complexity index is 265. The summed E-state index contributed by atoms with van der Waals surface area (Å²) in [7, 11) is 1.70. The van der Waals surface area contributed by atoms with Crippen molar-refractivity contribution in [1.29, 1.82) is 0 Å². The molecular weight excluding hydrogens is 178 g/mol. The molecule has 0 aliphatic heterocycles. The van der Waals surface area contributed by atoms with E-state index in [2.05, 4.69) is 15.3 Å². The molecular formula is C10H17N3O. The summed E-state index contributed by atoms with van der Waals surface area (Å²) in [6.07, 6.45) is 3.62. The topological polar surface area (TPSA) is 47.0 Å². The number of nitrogens with one attached hydrogen (secondary N) is 1. The molecule has 0 fully saturated rings. The Morgan fingerprint density at radius 2 is 2.36 bits per heavy atom. The molecule has 0 unspecified atom stereocenters. The minimum Gasteiger partial charge on any atom is -0.385 e. The summed E-state index contributed by atoms with van der Waals surface area (Å²) in [4.78, 5) is 8.54. The number of nitrogens with zero attached hydrogens (tertiary/aromatic N) is 2. The summed E-state index contributed by atoms with van der Waals surface area (Å²) in [5, 5.41) is 3.16. The quantitative estimate of drug-likeness (QED) is 0.698. The third-order valence-corrected chi connectivity index (χ3v) is 1.81. The molecule has 0 aliphatic rings. The van der Waals surface area contributed by atoms with Crippen molar-refractivity contribution in [3.8, 4) is 0 Å². The summed E-state index contributed by atoms with van der Waals surface area (Å²) in [6, 6.07) is 1.88. The molecule has 0 aromatic carbocycles. The van der Waals surface area contributed by atoms with Gasteiger partial charge in [-0.3, -0.25) is 0 Å². The fraction of sp³-hybridized carbons (Fsp3) is 0.600. The van der Waals surface area contributed by atoms with Gasteiger partial charge in [0.05, 0.1) is 0 Å². The molecule has 1 aromatic rings. The zero-order valence-corrected chi connectivity index (χ0v) is 8.79. The van der Waals surface area contributed by atoms with E-state index in [1.807, 2.05) is 13.0 Å². The van der Waals surface area contributed by atoms with Crippen LogP contribution in [0.3, 0.4) is 0 Å².